The Kier molecular flexibility index (Phi) is 5.24. The smallest absolute Gasteiger partial charge is 0.410 e. The molecule has 1 aromatic rings. The number of hydrogen-bond acceptors (Lipinski definition) is 5. The molecule has 0 radical (unpaired) electrons. The van der Waals surface area contributed by atoms with Gasteiger partial charge < -0.3 is 14.6 Å². The fourth-order valence-electron chi connectivity index (χ4n) is 2.26. The number of carbonyl (C=O) groups excluding carboxylic acids is 1. The average Bonchev–Trinajstić information content (AvgIpc) is 2.89. The van der Waals surface area contributed by atoms with Crippen molar-refractivity contribution in [1.29, 1.82) is 0 Å². The molecule has 2 heterocycles. The zero-order valence-electron chi connectivity index (χ0n) is 12.7. The topological polar surface area (TPSA) is 59.0 Å². The summed E-state index contributed by atoms with van der Waals surface area (Å²) in [6.07, 6.45) is -0.525. The molecule has 0 saturated carbocycles. The SMILES string of the molecule is CC(C)(C)OC(=O)N1CCOCC1C(O)Cc1cccs1. The lowest BCUT2D eigenvalue weighted by Crippen LogP contribution is -2.55. The Morgan fingerprint density at radius 3 is 3.00 bits per heavy atom. The number of morpholine rings is 1. The third-order valence-corrected chi connectivity index (χ3v) is 4.13. The van der Waals surface area contributed by atoms with E-state index in [-0.39, 0.29) is 12.1 Å². The summed E-state index contributed by atoms with van der Waals surface area (Å²) < 4.78 is 10.8. The summed E-state index contributed by atoms with van der Waals surface area (Å²) in [7, 11) is 0. The fraction of sp³-hybridized carbons (Fsp3) is 0.667. The summed E-state index contributed by atoms with van der Waals surface area (Å²) >= 11 is 1.60. The number of thiophene rings is 1. The second-order valence-corrected chi connectivity index (χ2v) is 7.20. The maximum absolute atomic E-state index is 12.3. The zero-order valence-corrected chi connectivity index (χ0v) is 13.6. The van der Waals surface area contributed by atoms with Crippen molar-refractivity contribution in [2.24, 2.45) is 0 Å². The van der Waals surface area contributed by atoms with E-state index in [1.807, 2.05) is 38.3 Å². The van der Waals surface area contributed by atoms with Gasteiger partial charge in [0.15, 0.2) is 0 Å². The van der Waals surface area contributed by atoms with Gasteiger partial charge in [-0.15, -0.1) is 11.3 Å². The maximum atomic E-state index is 12.3. The number of hydrogen-bond donors (Lipinski definition) is 1. The van der Waals surface area contributed by atoms with Crippen molar-refractivity contribution in [3.05, 3.63) is 22.4 Å². The van der Waals surface area contributed by atoms with Crippen LogP contribution in [0.4, 0.5) is 4.79 Å². The molecule has 118 valence electrons. The van der Waals surface area contributed by atoms with E-state index in [0.29, 0.717) is 26.2 Å². The normalized spacial score (nSPS) is 21.1. The van der Waals surface area contributed by atoms with E-state index in [4.69, 9.17) is 9.47 Å². The van der Waals surface area contributed by atoms with Crippen LogP contribution in [0.5, 0.6) is 0 Å². The average molecular weight is 313 g/mol. The molecule has 21 heavy (non-hydrogen) atoms. The van der Waals surface area contributed by atoms with E-state index in [2.05, 4.69) is 0 Å². The lowest BCUT2D eigenvalue weighted by molar-refractivity contribution is -0.0658. The minimum atomic E-state index is -0.656. The zero-order chi connectivity index (χ0) is 15.5. The molecule has 1 fully saturated rings. The number of rotatable bonds is 3. The first kappa shape index (κ1) is 16.3. The molecule has 0 aliphatic carbocycles. The van der Waals surface area contributed by atoms with Crippen LogP contribution in [0.25, 0.3) is 0 Å². The molecule has 0 spiro atoms. The standard InChI is InChI=1S/C15H23NO4S/c1-15(2,3)20-14(18)16-6-7-19-10-12(16)13(17)9-11-5-4-8-21-11/h4-5,8,12-13,17H,6-7,9-10H2,1-3H3. The predicted octanol–water partition coefficient (Wildman–Crippen LogP) is 2.29. The Balaban J connectivity index is 2.02. The van der Waals surface area contributed by atoms with Gasteiger partial charge in [0.2, 0.25) is 0 Å². The molecule has 1 amide bonds. The molecule has 0 bridgehead atoms. The molecule has 2 atom stereocenters. The van der Waals surface area contributed by atoms with Gasteiger partial charge in [-0.25, -0.2) is 4.79 Å². The third kappa shape index (κ3) is 4.69. The van der Waals surface area contributed by atoms with Crippen molar-refractivity contribution >= 4 is 17.4 Å². The first-order valence-electron chi connectivity index (χ1n) is 7.14. The van der Waals surface area contributed by atoms with Crippen LogP contribution >= 0.6 is 11.3 Å². The Morgan fingerprint density at radius 1 is 1.62 bits per heavy atom. The summed E-state index contributed by atoms with van der Waals surface area (Å²) in [6.45, 7) is 6.77. The van der Waals surface area contributed by atoms with Crippen molar-refractivity contribution in [3.63, 3.8) is 0 Å². The van der Waals surface area contributed by atoms with Crippen molar-refractivity contribution in [2.45, 2.75) is 44.9 Å². The van der Waals surface area contributed by atoms with Gasteiger partial charge in [-0.2, -0.15) is 0 Å². The molecule has 5 nitrogen and oxygen atoms in total. The van der Waals surface area contributed by atoms with Crippen LogP contribution in [0.1, 0.15) is 25.6 Å². The van der Waals surface area contributed by atoms with Crippen LogP contribution in [0.2, 0.25) is 0 Å². The van der Waals surface area contributed by atoms with Crippen molar-refractivity contribution in [3.8, 4) is 0 Å². The van der Waals surface area contributed by atoms with E-state index < -0.39 is 11.7 Å². The van der Waals surface area contributed by atoms with Crippen LogP contribution < -0.4 is 0 Å². The van der Waals surface area contributed by atoms with Crippen LogP contribution in [-0.2, 0) is 15.9 Å². The highest BCUT2D eigenvalue weighted by atomic mass is 32.1. The summed E-state index contributed by atoms with van der Waals surface area (Å²) in [5.41, 5.74) is -0.543. The van der Waals surface area contributed by atoms with Crippen molar-refractivity contribution in [2.75, 3.05) is 19.8 Å². The molecule has 2 rings (SSSR count). The van der Waals surface area contributed by atoms with Crippen molar-refractivity contribution in [1.82, 2.24) is 4.90 Å². The van der Waals surface area contributed by atoms with Crippen LogP contribution in [-0.4, -0.2) is 53.6 Å². The Labute approximate surface area is 129 Å². The highest BCUT2D eigenvalue weighted by Crippen LogP contribution is 2.20. The number of aliphatic hydroxyl groups is 1. The quantitative estimate of drug-likeness (QED) is 0.930. The summed E-state index contributed by atoms with van der Waals surface area (Å²) in [4.78, 5) is 15.0. The van der Waals surface area contributed by atoms with Crippen LogP contribution in [0.3, 0.4) is 0 Å². The number of aliphatic hydroxyl groups excluding tert-OH is 1. The molecule has 2 unspecified atom stereocenters. The molecule has 1 aliphatic rings. The van der Waals surface area contributed by atoms with E-state index in [1.165, 1.54) is 0 Å². The van der Waals surface area contributed by atoms with E-state index in [1.54, 1.807) is 16.2 Å². The summed E-state index contributed by atoms with van der Waals surface area (Å²) in [6, 6.07) is 3.57. The minimum absolute atomic E-state index is 0.339. The summed E-state index contributed by atoms with van der Waals surface area (Å²) in [5, 5.41) is 12.4. The molecule has 1 aromatic heterocycles. The highest BCUT2D eigenvalue weighted by Gasteiger charge is 2.35. The molecule has 1 saturated heterocycles. The number of ether oxygens (including phenoxy) is 2. The molecule has 0 aromatic carbocycles. The number of carbonyl (C=O) groups is 1. The number of amides is 1. The second kappa shape index (κ2) is 6.77. The molecule has 6 heteroatoms. The molecule has 1 aliphatic heterocycles. The van der Waals surface area contributed by atoms with E-state index in [0.717, 1.165) is 4.88 Å². The van der Waals surface area contributed by atoms with Gasteiger partial charge in [-0.3, -0.25) is 4.90 Å². The maximum Gasteiger partial charge on any atom is 0.410 e. The first-order chi connectivity index (χ1) is 9.87. The first-order valence-corrected chi connectivity index (χ1v) is 8.02. The van der Waals surface area contributed by atoms with Gasteiger partial charge in [0.1, 0.15) is 5.60 Å². The highest BCUT2D eigenvalue weighted by molar-refractivity contribution is 7.09. The lowest BCUT2D eigenvalue weighted by Gasteiger charge is -2.38. The molecular formula is C15H23NO4S. The van der Waals surface area contributed by atoms with Gasteiger partial charge in [0.25, 0.3) is 0 Å². The number of nitrogens with zero attached hydrogens (tertiary/aromatic N) is 1. The van der Waals surface area contributed by atoms with Gasteiger partial charge in [0.05, 0.1) is 25.4 Å². The predicted molar refractivity (Wildman–Crippen MR) is 81.6 cm³/mol. The van der Waals surface area contributed by atoms with Gasteiger partial charge in [0, 0.05) is 17.8 Å². The Bertz CT molecular complexity index is 455. The Morgan fingerprint density at radius 2 is 2.38 bits per heavy atom. The molecule has 1 N–H and O–H groups in total. The third-order valence-electron chi connectivity index (χ3n) is 3.23. The molecular weight excluding hydrogens is 290 g/mol. The van der Waals surface area contributed by atoms with Gasteiger partial charge >= 0.3 is 6.09 Å². The summed E-state index contributed by atoms with van der Waals surface area (Å²) in [5.74, 6) is 0. The monoisotopic (exact) mass is 313 g/mol. The van der Waals surface area contributed by atoms with Crippen LogP contribution in [0.15, 0.2) is 17.5 Å². The van der Waals surface area contributed by atoms with E-state index >= 15 is 0 Å². The van der Waals surface area contributed by atoms with E-state index in [9.17, 15) is 9.90 Å². The van der Waals surface area contributed by atoms with Crippen LogP contribution in [0, 0.1) is 0 Å². The van der Waals surface area contributed by atoms with Gasteiger partial charge in [-0.05, 0) is 32.2 Å². The minimum Gasteiger partial charge on any atom is -0.444 e. The largest absolute Gasteiger partial charge is 0.444 e. The van der Waals surface area contributed by atoms with Gasteiger partial charge in [-0.1, -0.05) is 6.07 Å². The Hall–Kier alpha value is -1.11. The van der Waals surface area contributed by atoms with Crippen molar-refractivity contribution < 1.29 is 19.4 Å². The lowest BCUT2D eigenvalue weighted by atomic mass is 10.1. The second-order valence-electron chi connectivity index (χ2n) is 6.17. The fourth-order valence-corrected chi connectivity index (χ4v) is 3.02.